The van der Waals surface area contributed by atoms with E-state index >= 15 is 0 Å². The Morgan fingerprint density at radius 2 is 2.11 bits per heavy atom. The maximum absolute atomic E-state index is 11.9. The van der Waals surface area contributed by atoms with Crippen molar-refractivity contribution in [3.05, 3.63) is 29.3 Å². The molecule has 1 aromatic rings. The maximum atomic E-state index is 11.9. The number of hydrogen-bond acceptors (Lipinski definition) is 3. The summed E-state index contributed by atoms with van der Waals surface area (Å²) < 4.78 is 40.2. The lowest BCUT2D eigenvalue weighted by molar-refractivity contribution is -0.176. The highest BCUT2D eigenvalue weighted by Gasteiger charge is 2.27. The third-order valence-corrected chi connectivity index (χ3v) is 2.79. The van der Waals surface area contributed by atoms with Gasteiger partial charge in [0.15, 0.2) is 0 Å². The lowest BCUT2D eigenvalue weighted by Gasteiger charge is -2.10. The highest BCUT2D eigenvalue weighted by Crippen LogP contribution is 2.21. The number of rotatable bonds is 5. The number of carbonyl (C=O) groups is 1. The monoisotopic (exact) mass is 280 g/mol. The molecule has 18 heavy (non-hydrogen) atoms. The molecule has 0 radical (unpaired) electrons. The molecule has 1 rings (SSSR count). The average molecular weight is 280 g/mol. The maximum Gasteiger partial charge on any atom is 0.411 e. The van der Waals surface area contributed by atoms with Crippen LogP contribution in [0.4, 0.5) is 13.2 Å². The summed E-state index contributed by atoms with van der Waals surface area (Å²) in [5, 5.41) is 8.90. The Kier molecular flexibility index (Phi) is 5.03. The summed E-state index contributed by atoms with van der Waals surface area (Å²) in [7, 11) is 0. The van der Waals surface area contributed by atoms with Crippen LogP contribution in [0.3, 0.4) is 0 Å². The minimum absolute atomic E-state index is 0.0463. The fraction of sp³-hybridized carbons (Fsp3) is 0.364. The van der Waals surface area contributed by atoms with Gasteiger partial charge in [0, 0.05) is 4.90 Å². The van der Waals surface area contributed by atoms with Crippen molar-refractivity contribution in [1.82, 2.24) is 0 Å². The Morgan fingerprint density at radius 3 is 2.61 bits per heavy atom. The summed E-state index contributed by atoms with van der Waals surface area (Å²) in [6.07, 6.45) is -2.63. The van der Waals surface area contributed by atoms with E-state index in [2.05, 4.69) is 4.74 Å². The van der Waals surface area contributed by atoms with Gasteiger partial charge in [0.2, 0.25) is 0 Å². The highest BCUT2D eigenvalue weighted by molar-refractivity contribution is 7.98. The Labute approximate surface area is 106 Å². The van der Waals surface area contributed by atoms with Gasteiger partial charge in [0.25, 0.3) is 0 Å². The van der Waals surface area contributed by atoms with Crippen molar-refractivity contribution in [2.24, 2.45) is 0 Å². The number of carboxylic acid groups (broad SMARTS) is 1. The SMILES string of the molecule is CSc1ccc(C(=O)O)c(COCC(F)(F)F)c1. The summed E-state index contributed by atoms with van der Waals surface area (Å²) in [4.78, 5) is 11.7. The number of carboxylic acids is 1. The quantitative estimate of drug-likeness (QED) is 0.841. The molecular formula is C11H11F3O3S. The van der Waals surface area contributed by atoms with E-state index in [4.69, 9.17) is 5.11 Å². The molecule has 0 fully saturated rings. The van der Waals surface area contributed by atoms with Gasteiger partial charge in [-0.1, -0.05) is 0 Å². The van der Waals surface area contributed by atoms with Crippen LogP contribution in [0.1, 0.15) is 15.9 Å². The first-order valence-corrected chi connectivity index (χ1v) is 6.10. The van der Waals surface area contributed by atoms with Gasteiger partial charge in [-0.3, -0.25) is 0 Å². The molecule has 0 heterocycles. The van der Waals surface area contributed by atoms with Crippen LogP contribution in [0.25, 0.3) is 0 Å². The molecule has 0 aliphatic carbocycles. The van der Waals surface area contributed by atoms with Crippen LogP contribution in [0.2, 0.25) is 0 Å². The number of alkyl halides is 3. The molecule has 100 valence electrons. The van der Waals surface area contributed by atoms with Gasteiger partial charge in [-0.2, -0.15) is 13.2 Å². The molecule has 0 spiro atoms. The molecule has 0 amide bonds. The van der Waals surface area contributed by atoms with Gasteiger partial charge in [-0.25, -0.2) is 4.79 Å². The lowest BCUT2D eigenvalue weighted by Crippen LogP contribution is -2.17. The van der Waals surface area contributed by atoms with E-state index < -0.39 is 18.8 Å². The fourth-order valence-electron chi connectivity index (χ4n) is 1.30. The molecule has 0 unspecified atom stereocenters. The van der Waals surface area contributed by atoms with E-state index in [-0.39, 0.29) is 17.7 Å². The van der Waals surface area contributed by atoms with Crippen LogP contribution in [-0.4, -0.2) is 30.1 Å². The van der Waals surface area contributed by atoms with Crippen molar-refractivity contribution in [1.29, 1.82) is 0 Å². The molecule has 3 nitrogen and oxygen atoms in total. The smallest absolute Gasteiger partial charge is 0.411 e. The van der Waals surface area contributed by atoms with Gasteiger partial charge in [0.1, 0.15) is 6.61 Å². The van der Waals surface area contributed by atoms with Crippen molar-refractivity contribution in [2.45, 2.75) is 17.7 Å². The predicted molar refractivity (Wildman–Crippen MR) is 60.9 cm³/mol. The molecule has 1 N–H and O–H groups in total. The summed E-state index contributed by atoms with van der Waals surface area (Å²) >= 11 is 1.37. The van der Waals surface area contributed by atoms with Gasteiger partial charge in [-0.15, -0.1) is 11.8 Å². The second-order valence-electron chi connectivity index (χ2n) is 3.44. The van der Waals surface area contributed by atoms with Gasteiger partial charge in [0.05, 0.1) is 12.2 Å². The Hall–Kier alpha value is -1.21. The number of ether oxygens (including phenoxy) is 1. The topological polar surface area (TPSA) is 46.5 Å². The first-order valence-electron chi connectivity index (χ1n) is 4.88. The number of hydrogen-bond donors (Lipinski definition) is 1. The molecule has 0 atom stereocenters. The minimum atomic E-state index is -4.42. The van der Waals surface area contributed by atoms with E-state index in [0.29, 0.717) is 0 Å². The predicted octanol–water partition coefficient (Wildman–Crippen LogP) is 3.19. The van der Waals surface area contributed by atoms with Crippen LogP contribution in [0.5, 0.6) is 0 Å². The third kappa shape index (κ3) is 4.58. The van der Waals surface area contributed by atoms with Crippen molar-refractivity contribution >= 4 is 17.7 Å². The summed E-state index contributed by atoms with van der Waals surface area (Å²) in [6, 6.07) is 4.48. The number of halogens is 3. The first-order chi connectivity index (χ1) is 8.33. The van der Waals surface area contributed by atoms with Crippen molar-refractivity contribution < 1.29 is 27.8 Å². The normalized spacial score (nSPS) is 11.6. The fourth-order valence-corrected chi connectivity index (χ4v) is 1.77. The van der Waals surface area contributed by atoms with E-state index in [1.54, 1.807) is 12.3 Å². The Bertz CT molecular complexity index is 432. The Balaban J connectivity index is 2.81. The van der Waals surface area contributed by atoms with E-state index in [9.17, 15) is 18.0 Å². The molecule has 0 saturated carbocycles. The van der Waals surface area contributed by atoms with Crippen molar-refractivity contribution in [3.8, 4) is 0 Å². The second kappa shape index (κ2) is 6.10. The zero-order valence-electron chi connectivity index (χ0n) is 9.45. The van der Waals surface area contributed by atoms with Crippen molar-refractivity contribution in [2.75, 3.05) is 12.9 Å². The molecule has 0 bridgehead atoms. The lowest BCUT2D eigenvalue weighted by atomic mass is 10.1. The van der Waals surface area contributed by atoms with Crippen LogP contribution >= 0.6 is 11.8 Å². The van der Waals surface area contributed by atoms with Crippen molar-refractivity contribution in [3.63, 3.8) is 0 Å². The summed E-state index contributed by atoms with van der Waals surface area (Å²) in [5.74, 6) is -1.19. The summed E-state index contributed by atoms with van der Waals surface area (Å²) in [6.45, 7) is -1.77. The highest BCUT2D eigenvalue weighted by atomic mass is 32.2. The summed E-state index contributed by atoms with van der Waals surface area (Å²) in [5.41, 5.74) is 0.188. The largest absolute Gasteiger partial charge is 0.478 e. The molecular weight excluding hydrogens is 269 g/mol. The van der Waals surface area contributed by atoms with Gasteiger partial charge in [-0.05, 0) is 30.0 Å². The van der Waals surface area contributed by atoms with Crippen LogP contribution in [-0.2, 0) is 11.3 Å². The second-order valence-corrected chi connectivity index (χ2v) is 4.32. The minimum Gasteiger partial charge on any atom is -0.478 e. The van der Waals surface area contributed by atoms with Gasteiger partial charge >= 0.3 is 12.1 Å². The zero-order valence-corrected chi connectivity index (χ0v) is 10.3. The van der Waals surface area contributed by atoms with Crippen LogP contribution in [0.15, 0.2) is 23.1 Å². The van der Waals surface area contributed by atoms with Crippen LogP contribution in [0, 0.1) is 0 Å². The van der Waals surface area contributed by atoms with Gasteiger partial charge < -0.3 is 9.84 Å². The number of benzene rings is 1. The Morgan fingerprint density at radius 1 is 1.44 bits per heavy atom. The molecule has 0 aliphatic heterocycles. The van der Waals surface area contributed by atoms with Crippen LogP contribution < -0.4 is 0 Å². The van der Waals surface area contributed by atoms with E-state index in [1.807, 2.05) is 0 Å². The molecule has 1 aromatic carbocycles. The van der Waals surface area contributed by atoms with E-state index in [0.717, 1.165) is 4.90 Å². The first kappa shape index (κ1) is 14.8. The number of aromatic carboxylic acids is 1. The standard InChI is InChI=1S/C11H11F3O3S/c1-18-8-2-3-9(10(15)16)7(4-8)5-17-6-11(12,13)14/h2-4H,5-6H2,1H3,(H,15,16). The molecule has 0 aliphatic rings. The average Bonchev–Trinajstić information content (AvgIpc) is 2.26. The van der Waals surface area contributed by atoms with E-state index in [1.165, 1.54) is 23.9 Å². The third-order valence-electron chi connectivity index (χ3n) is 2.07. The molecule has 0 saturated heterocycles. The molecule has 7 heteroatoms. The number of thioether (sulfide) groups is 1. The zero-order chi connectivity index (χ0) is 13.8. The molecule has 0 aromatic heterocycles.